The summed E-state index contributed by atoms with van der Waals surface area (Å²) >= 11 is 16.7. The molecule has 0 bridgehead atoms. The van der Waals surface area contributed by atoms with Gasteiger partial charge in [-0.3, -0.25) is 10.9 Å². The molecule has 2 rings (SSSR count). The molecule has 0 unspecified atom stereocenters. The van der Waals surface area contributed by atoms with Gasteiger partial charge in [-0.05, 0) is 30.9 Å². The normalized spacial score (nSPS) is 11.2. The molecule has 7 nitrogen and oxygen atoms in total. The highest BCUT2D eigenvalue weighted by atomic mass is 35.5. The smallest absolute Gasteiger partial charge is 0.211 e. The fourth-order valence-electron chi connectivity index (χ4n) is 4.89. The molecule has 0 fully saturated rings. The van der Waals surface area contributed by atoms with Gasteiger partial charge in [-0.15, -0.1) is 10.2 Å². The van der Waals surface area contributed by atoms with Gasteiger partial charge in [0.1, 0.15) is 5.69 Å². The molecule has 0 aliphatic rings. The van der Waals surface area contributed by atoms with E-state index in [1.807, 2.05) is 24.3 Å². The van der Waals surface area contributed by atoms with Gasteiger partial charge in [0.25, 0.3) is 0 Å². The Morgan fingerprint density at radius 2 is 1.25 bits per heavy atom. The number of anilines is 2. The summed E-state index contributed by atoms with van der Waals surface area (Å²) in [5.74, 6) is 0. The summed E-state index contributed by atoms with van der Waals surface area (Å²) < 4.78 is 0. The Morgan fingerprint density at radius 3 is 1.75 bits per heavy atom. The minimum absolute atomic E-state index is 0.0554. The topological polar surface area (TPSA) is 113 Å². The first kappa shape index (κ1) is 34.0. The van der Waals surface area contributed by atoms with E-state index in [1.54, 1.807) is 0 Å². The Bertz CT molecular complexity index is 1080. The van der Waals surface area contributed by atoms with Crippen molar-refractivity contribution in [3.8, 4) is 0 Å². The molecule has 0 aliphatic heterocycles. The van der Waals surface area contributed by atoms with E-state index in [4.69, 9.17) is 47.5 Å². The first-order valence-corrected chi connectivity index (χ1v) is 16.2. The zero-order valence-corrected chi connectivity index (χ0v) is 26.5. The molecule has 0 spiro atoms. The molecule has 7 N–H and O–H groups in total. The zero-order chi connectivity index (χ0) is 29.0. The number of halogens is 1. The predicted molar refractivity (Wildman–Crippen MR) is 182 cm³/mol. The van der Waals surface area contributed by atoms with Crippen molar-refractivity contribution in [2.24, 2.45) is 21.7 Å². The van der Waals surface area contributed by atoms with E-state index in [0.29, 0.717) is 16.4 Å². The van der Waals surface area contributed by atoms with Crippen LogP contribution >= 0.6 is 36.0 Å². The van der Waals surface area contributed by atoms with Crippen molar-refractivity contribution in [1.82, 2.24) is 5.43 Å². The summed E-state index contributed by atoms with van der Waals surface area (Å²) in [6.45, 7) is 3.05. The van der Waals surface area contributed by atoms with Crippen molar-refractivity contribution in [3.05, 3.63) is 29.3 Å². The van der Waals surface area contributed by atoms with Gasteiger partial charge < -0.3 is 16.8 Å². The SMILES string of the molecule is CCCCCCCCCCCCCCCCCCNc1c(Cl)c(N=NC(N)=S)c2ccccc2c1NNC(N)=S. The number of hydrogen-bond acceptors (Lipinski definition) is 5. The van der Waals surface area contributed by atoms with E-state index < -0.39 is 0 Å². The number of azo groups is 1. The van der Waals surface area contributed by atoms with Gasteiger partial charge in [-0.25, -0.2) is 0 Å². The third-order valence-electron chi connectivity index (χ3n) is 7.02. The van der Waals surface area contributed by atoms with Crippen LogP contribution in [-0.2, 0) is 0 Å². The number of nitrogens with one attached hydrogen (secondary N) is 3. The molecule has 0 heterocycles. The third-order valence-corrected chi connectivity index (χ3v) is 7.57. The molecule has 0 amide bonds. The Hall–Kier alpha value is -2.23. The largest absolute Gasteiger partial charge is 0.382 e. The number of benzene rings is 2. The molecule has 10 heteroatoms. The Kier molecular flexibility index (Phi) is 17.5. The molecule has 0 saturated heterocycles. The lowest BCUT2D eigenvalue weighted by Crippen LogP contribution is -2.34. The van der Waals surface area contributed by atoms with Crippen LogP contribution < -0.4 is 27.6 Å². The highest BCUT2D eigenvalue weighted by Gasteiger charge is 2.18. The van der Waals surface area contributed by atoms with Gasteiger partial charge in [0, 0.05) is 17.3 Å². The molecule has 40 heavy (non-hydrogen) atoms. The van der Waals surface area contributed by atoms with Crippen molar-refractivity contribution >= 4 is 74.1 Å². The first-order valence-electron chi connectivity index (χ1n) is 15.0. The van der Waals surface area contributed by atoms with Crippen molar-refractivity contribution in [2.75, 3.05) is 17.3 Å². The van der Waals surface area contributed by atoms with E-state index in [9.17, 15) is 0 Å². The van der Waals surface area contributed by atoms with Crippen LogP contribution in [0, 0.1) is 0 Å². The summed E-state index contributed by atoms with van der Waals surface area (Å²) in [4.78, 5) is 0. The number of hydrazine groups is 1. The van der Waals surface area contributed by atoms with E-state index in [-0.39, 0.29) is 10.2 Å². The van der Waals surface area contributed by atoms with Crippen molar-refractivity contribution in [2.45, 2.75) is 110 Å². The van der Waals surface area contributed by atoms with Crippen LogP contribution in [0.3, 0.4) is 0 Å². The van der Waals surface area contributed by atoms with E-state index >= 15 is 0 Å². The highest BCUT2D eigenvalue weighted by Crippen LogP contribution is 2.46. The number of rotatable bonds is 21. The average molecular weight is 606 g/mol. The van der Waals surface area contributed by atoms with Gasteiger partial charge in [0.2, 0.25) is 5.11 Å². The van der Waals surface area contributed by atoms with Gasteiger partial charge in [-0.1, -0.05) is 139 Å². The average Bonchev–Trinajstić information content (AvgIpc) is 2.93. The quantitative estimate of drug-likeness (QED) is 0.0416. The van der Waals surface area contributed by atoms with Crippen molar-refractivity contribution in [1.29, 1.82) is 0 Å². The first-order chi connectivity index (χ1) is 19.5. The van der Waals surface area contributed by atoms with Gasteiger partial charge in [0.15, 0.2) is 5.11 Å². The molecule has 2 aromatic rings. The van der Waals surface area contributed by atoms with Crippen LogP contribution in [-0.4, -0.2) is 16.8 Å². The van der Waals surface area contributed by atoms with E-state index in [0.717, 1.165) is 35.8 Å². The lowest BCUT2D eigenvalue weighted by atomic mass is 10.0. The van der Waals surface area contributed by atoms with Crippen molar-refractivity contribution < 1.29 is 0 Å². The number of hydrogen-bond donors (Lipinski definition) is 5. The second-order valence-electron chi connectivity index (χ2n) is 10.3. The lowest BCUT2D eigenvalue weighted by molar-refractivity contribution is 0.530. The van der Waals surface area contributed by atoms with E-state index in [1.165, 1.54) is 89.9 Å². The predicted octanol–water partition coefficient (Wildman–Crippen LogP) is 9.65. The van der Waals surface area contributed by atoms with Crippen molar-refractivity contribution in [3.63, 3.8) is 0 Å². The minimum atomic E-state index is -0.0554. The van der Waals surface area contributed by atoms with Crippen LogP contribution in [0.15, 0.2) is 34.5 Å². The molecular formula is C30H48ClN7S2. The maximum atomic E-state index is 6.84. The summed E-state index contributed by atoms with van der Waals surface area (Å²) in [6, 6.07) is 7.73. The number of fused-ring (bicyclic) bond motifs is 1. The minimum Gasteiger partial charge on any atom is -0.382 e. The van der Waals surface area contributed by atoms with Gasteiger partial charge >= 0.3 is 0 Å². The Balaban J connectivity index is 1.78. The van der Waals surface area contributed by atoms with Gasteiger partial charge in [-0.2, -0.15) is 0 Å². The monoisotopic (exact) mass is 605 g/mol. The summed E-state index contributed by atoms with van der Waals surface area (Å²) in [5.41, 5.74) is 19.1. The number of unbranched alkanes of at least 4 members (excludes halogenated alkanes) is 15. The molecule has 222 valence electrons. The molecule has 2 aromatic carbocycles. The maximum absolute atomic E-state index is 6.84. The lowest BCUT2D eigenvalue weighted by Gasteiger charge is -2.20. The molecule has 0 radical (unpaired) electrons. The van der Waals surface area contributed by atoms with E-state index in [2.05, 4.69) is 33.3 Å². The van der Waals surface area contributed by atoms with Crippen LogP contribution in [0.4, 0.5) is 17.1 Å². The summed E-state index contributed by atoms with van der Waals surface area (Å²) in [7, 11) is 0. The standard InChI is InChI=1S/C30H48ClN7S2/c1-2-3-4-5-6-7-8-9-10-11-12-13-14-15-16-19-22-34-28-25(31)26(35-37-29(32)39)23-20-17-18-21-24(23)27(28)36-38-30(33)40/h17-18,20-21,34,36H,2-16,19,22H2,1H3,(H2,32,39)(H3,33,38,40). The summed E-state index contributed by atoms with van der Waals surface area (Å²) in [5, 5.41) is 13.8. The molecule has 0 aliphatic carbocycles. The number of nitrogens with zero attached hydrogens (tertiary/aromatic N) is 2. The second-order valence-corrected chi connectivity index (χ2v) is 11.6. The number of thiocarbonyl (C=S) groups is 2. The second kappa shape index (κ2) is 20.6. The van der Waals surface area contributed by atoms with Gasteiger partial charge in [0.05, 0.1) is 16.4 Å². The zero-order valence-electron chi connectivity index (χ0n) is 24.1. The van der Waals surface area contributed by atoms with Crippen LogP contribution in [0.25, 0.3) is 10.8 Å². The van der Waals surface area contributed by atoms with Crippen LogP contribution in [0.1, 0.15) is 110 Å². The fraction of sp³-hybridized carbons (Fsp3) is 0.600. The molecule has 0 atom stereocenters. The fourth-order valence-corrected chi connectivity index (χ4v) is 5.28. The highest BCUT2D eigenvalue weighted by molar-refractivity contribution is 7.80. The summed E-state index contributed by atoms with van der Waals surface area (Å²) in [6.07, 6.45) is 21.4. The Labute approximate surface area is 256 Å². The molecular weight excluding hydrogens is 558 g/mol. The number of nitrogens with two attached hydrogens (primary N) is 2. The Morgan fingerprint density at radius 1 is 0.750 bits per heavy atom. The maximum Gasteiger partial charge on any atom is 0.211 e. The third kappa shape index (κ3) is 13.0. The van der Waals surface area contributed by atoms with Crippen LogP contribution in [0.5, 0.6) is 0 Å². The molecule has 0 aromatic heterocycles. The van der Waals surface area contributed by atoms with Crippen LogP contribution in [0.2, 0.25) is 5.02 Å². The molecule has 0 saturated carbocycles.